The van der Waals surface area contributed by atoms with Crippen LogP contribution >= 0.6 is 0 Å². The van der Waals surface area contributed by atoms with E-state index in [1.165, 1.54) is 6.07 Å². The fraction of sp³-hybridized carbons (Fsp3) is 0.542. The second-order valence-electron chi connectivity index (χ2n) is 9.06. The third-order valence-corrected chi connectivity index (χ3v) is 6.61. The number of aromatic nitrogens is 2. The molecule has 32 heavy (non-hydrogen) atoms. The van der Waals surface area contributed by atoms with Crippen molar-refractivity contribution in [2.24, 2.45) is 0 Å². The predicted octanol–water partition coefficient (Wildman–Crippen LogP) is 4.10. The molecule has 2 fully saturated rings. The number of rotatable bonds is 7. The van der Waals surface area contributed by atoms with Gasteiger partial charge in [-0.2, -0.15) is 4.98 Å². The average molecular weight is 441 g/mol. The van der Waals surface area contributed by atoms with E-state index in [9.17, 15) is 9.18 Å². The van der Waals surface area contributed by atoms with Crippen LogP contribution in [-0.2, 0) is 4.79 Å². The summed E-state index contributed by atoms with van der Waals surface area (Å²) in [6.45, 7) is 9.79. The lowest BCUT2D eigenvalue weighted by molar-refractivity contribution is -0.107. The number of hydrogen-bond donors (Lipinski definition) is 1. The summed E-state index contributed by atoms with van der Waals surface area (Å²) in [5.41, 5.74) is 2.05. The summed E-state index contributed by atoms with van der Waals surface area (Å²) in [5, 5.41) is 3.10. The Kier molecular flexibility index (Phi) is 6.89. The van der Waals surface area contributed by atoms with Crippen LogP contribution in [0.15, 0.2) is 24.4 Å². The summed E-state index contributed by atoms with van der Waals surface area (Å²) in [6.07, 6.45) is 6.80. The molecule has 0 unspecified atom stereocenters. The molecule has 2 aromatic rings. The van der Waals surface area contributed by atoms with Crippen molar-refractivity contribution in [1.82, 2.24) is 14.9 Å². The number of carbonyl (C=O) groups is 1. The number of halogens is 1. The highest BCUT2D eigenvalue weighted by Gasteiger charge is 2.25. The summed E-state index contributed by atoms with van der Waals surface area (Å²) in [6, 6.07) is 5.85. The molecule has 1 saturated carbocycles. The molecule has 2 heterocycles. The number of hydrogen-bond acceptors (Lipinski definition) is 6. The van der Waals surface area contributed by atoms with E-state index in [2.05, 4.69) is 38.9 Å². The molecule has 7 nitrogen and oxygen atoms in total. The Hall–Kier alpha value is -2.74. The third-order valence-electron chi connectivity index (χ3n) is 6.61. The van der Waals surface area contributed by atoms with Crippen LogP contribution in [-0.4, -0.2) is 59.5 Å². The van der Waals surface area contributed by atoms with Crippen molar-refractivity contribution >= 4 is 29.6 Å². The van der Waals surface area contributed by atoms with Gasteiger partial charge in [0.2, 0.25) is 12.4 Å². The molecule has 1 N–H and O–H groups in total. The normalized spacial score (nSPS) is 17.7. The van der Waals surface area contributed by atoms with Gasteiger partial charge in [0.05, 0.1) is 5.69 Å². The van der Waals surface area contributed by atoms with E-state index in [0.717, 1.165) is 63.8 Å². The van der Waals surface area contributed by atoms with E-state index in [1.807, 2.05) is 19.1 Å². The van der Waals surface area contributed by atoms with Crippen molar-refractivity contribution in [1.29, 1.82) is 0 Å². The quantitative estimate of drug-likeness (QED) is 0.654. The number of carbonyl (C=O) groups excluding carboxylic acids is 1. The van der Waals surface area contributed by atoms with Crippen molar-refractivity contribution in [3.05, 3.63) is 35.8 Å². The average Bonchev–Trinajstić information content (AvgIpc) is 3.31. The summed E-state index contributed by atoms with van der Waals surface area (Å²) < 4.78 is 14.9. The number of nitrogens with zero attached hydrogens (tertiary/aromatic N) is 5. The molecule has 0 spiro atoms. The van der Waals surface area contributed by atoms with Crippen molar-refractivity contribution in [2.45, 2.75) is 58.5 Å². The molecule has 1 saturated heterocycles. The number of anilines is 4. The van der Waals surface area contributed by atoms with Gasteiger partial charge in [-0.15, -0.1) is 0 Å². The third kappa shape index (κ3) is 4.85. The van der Waals surface area contributed by atoms with Gasteiger partial charge >= 0.3 is 0 Å². The molecule has 2 aliphatic rings. The van der Waals surface area contributed by atoms with Gasteiger partial charge in [0, 0.05) is 55.7 Å². The maximum atomic E-state index is 14.9. The van der Waals surface area contributed by atoms with E-state index in [4.69, 9.17) is 0 Å². The zero-order chi connectivity index (χ0) is 22.7. The van der Waals surface area contributed by atoms with Crippen LogP contribution in [0.2, 0.25) is 0 Å². The van der Waals surface area contributed by atoms with Crippen molar-refractivity contribution in [3.63, 3.8) is 0 Å². The molecule has 1 aliphatic heterocycles. The second-order valence-corrected chi connectivity index (χ2v) is 9.06. The van der Waals surface area contributed by atoms with Crippen LogP contribution in [0, 0.1) is 12.7 Å². The topological polar surface area (TPSA) is 64.6 Å². The molecule has 172 valence electrons. The van der Waals surface area contributed by atoms with E-state index in [0.29, 0.717) is 29.2 Å². The lowest BCUT2D eigenvalue weighted by Gasteiger charge is -2.38. The van der Waals surface area contributed by atoms with Gasteiger partial charge in [0.1, 0.15) is 11.6 Å². The number of nitrogens with one attached hydrogen (secondary N) is 1. The molecule has 1 aromatic carbocycles. The van der Waals surface area contributed by atoms with Gasteiger partial charge in [-0.05, 0) is 51.8 Å². The van der Waals surface area contributed by atoms with Gasteiger partial charge in [0.15, 0.2) is 0 Å². The predicted molar refractivity (Wildman–Crippen MR) is 126 cm³/mol. The standard InChI is InChI=1S/C24H33FN6O/c1-17(2)29-10-12-30(13-11-29)22-9-8-19(14-21(22)25)27-24-26-15-18(3)23(28-24)31(16-32)20-6-4-5-7-20/h8-9,14-17,20H,4-7,10-13H2,1-3H3,(H,26,27,28). The largest absolute Gasteiger partial charge is 0.367 e. The zero-order valence-corrected chi connectivity index (χ0v) is 19.2. The number of benzene rings is 1. The summed E-state index contributed by atoms with van der Waals surface area (Å²) in [4.78, 5) is 26.9. The van der Waals surface area contributed by atoms with Crippen LogP contribution in [0.4, 0.5) is 27.5 Å². The molecule has 1 aromatic heterocycles. The fourth-order valence-electron chi connectivity index (χ4n) is 4.70. The zero-order valence-electron chi connectivity index (χ0n) is 19.2. The molecule has 0 radical (unpaired) electrons. The van der Waals surface area contributed by atoms with E-state index in [-0.39, 0.29) is 11.9 Å². The highest BCUT2D eigenvalue weighted by atomic mass is 19.1. The molecular weight excluding hydrogens is 407 g/mol. The molecule has 4 rings (SSSR count). The maximum absolute atomic E-state index is 14.9. The minimum Gasteiger partial charge on any atom is -0.367 e. The summed E-state index contributed by atoms with van der Waals surface area (Å²) in [7, 11) is 0. The lowest BCUT2D eigenvalue weighted by Crippen LogP contribution is -2.49. The second kappa shape index (κ2) is 9.81. The Morgan fingerprint density at radius 2 is 1.91 bits per heavy atom. The first-order chi connectivity index (χ1) is 15.5. The van der Waals surface area contributed by atoms with Gasteiger partial charge in [0.25, 0.3) is 0 Å². The SMILES string of the molecule is Cc1cnc(Nc2ccc(N3CCN(C(C)C)CC3)c(F)c2)nc1N(C=O)C1CCCC1. The number of piperazine rings is 1. The van der Waals surface area contributed by atoms with E-state index < -0.39 is 0 Å². The summed E-state index contributed by atoms with van der Waals surface area (Å²) in [5.74, 6) is 0.707. The highest BCUT2D eigenvalue weighted by molar-refractivity contribution is 5.76. The minimum absolute atomic E-state index is 0.182. The van der Waals surface area contributed by atoms with Gasteiger partial charge in [-0.1, -0.05) is 12.8 Å². The Morgan fingerprint density at radius 3 is 2.53 bits per heavy atom. The molecule has 1 aliphatic carbocycles. The first-order valence-corrected chi connectivity index (χ1v) is 11.6. The van der Waals surface area contributed by atoms with E-state index in [1.54, 1.807) is 11.1 Å². The van der Waals surface area contributed by atoms with Crippen LogP contribution in [0.25, 0.3) is 0 Å². The smallest absolute Gasteiger partial charge is 0.229 e. The van der Waals surface area contributed by atoms with Gasteiger partial charge in [-0.3, -0.25) is 14.6 Å². The number of amides is 1. The van der Waals surface area contributed by atoms with Crippen molar-refractivity contribution in [2.75, 3.05) is 41.3 Å². The van der Waals surface area contributed by atoms with Gasteiger partial charge in [-0.25, -0.2) is 9.37 Å². The van der Waals surface area contributed by atoms with Crippen LogP contribution in [0.1, 0.15) is 45.1 Å². The molecule has 0 atom stereocenters. The minimum atomic E-state index is -0.263. The van der Waals surface area contributed by atoms with E-state index >= 15 is 0 Å². The van der Waals surface area contributed by atoms with Gasteiger partial charge < -0.3 is 10.2 Å². The maximum Gasteiger partial charge on any atom is 0.229 e. The Bertz CT molecular complexity index is 938. The first kappa shape index (κ1) is 22.5. The molecule has 0 bridgehead atoms. The Labute approximate surface area is 189 Å². The summed E-state index contributed by atoms with van der Waals surface area (Å²) >= 11 is 0. The fourth-order valence-corrected chi connectivity index (χ4v) is 4.70. The highest BCUT2D eigenvalue weighted by Crippen LogP contribution is 2.29. The first-order valence-electron chi connectivity index (χ1n) is 11.6. The van der Waals surface area contributed by atoms with Crippen molar-refractivity contribution < 1.29 is 9.18 Å². The number of aryl methyl sites for hydroxylation is 1. The molecule has 8 heteroatoms. The molecular formula is C24H33FN6O. The van der Waals surface area contributed by atoms with Crippen LogP contribution in [0.3, 0.4) is 0 Å². The Balaban J connectivity index is 1.47. The monoisotopic (exact) mass is 440 g/mol. The van der Waals surface area contributed by atoms with Crippen LogP contribution < -0.4 is 15.1 Å². The van der Waals surface area contributed by atoms with Crippen molar-refractivity contribution in [3.8, 4) is 0 Å². The molecule has 1 amide bonds. The Morgan fingerprint density at radius 1 is 1.19 bits per heavy atom. The lowest BCUT2D eigenvalue weighted by atomic mass is 10.2. The van der Waals surface area contributed by atoms with Crippen LogP contribution in [0.5, 0.6) is 0 Å².